The summed E-state index contributed by atoms with van der Waals surface area (Å²) in [5, 5.41) is 6.04. The van der Waals surface area contributed by atoms with Gasteiger partial charge in [-0.15, -0.1) is 11.3 Å². The highest BCUT2D eigenvalue weighted by atomic mass is 32.1. The second-order valence-corrected chi connectivity index (χ2v) is 8.37. The molecule has 5 nitrogen and oxygen atoms in total. The van der Waals surface area contributed by atoms with Gasteiger partial charge in [-0.1, -0.05) is 48.5 Å². The largest absolute Gasteiger partial charge is 0.497 e. The molecule has 168 valence electrons. The van der Waals surface area contributed by atoms with E-state index >= 15 is 0 Å². The molecule has 0 aliphatic heterocycles. The summed E-state index contributed by atoms with van der Waals surface area (Å²) in [6, 6.07) is 25.7. The van der Waals surface area contributed by atoms with E-state index in [-0.39, 0.29) is 5.91 Å². The number of carbonyl (C=O) groups excluding carboxylic acids is 1. The third kappa shape index (κ3) is 6.43. The third-order valence-corrected chi connectivity index (χ3v) is 6.01. The highest BCUT2D eigenvalue weighted by Gasteiger charge is 2.08. The number of amides is 1. The van der Waals surface area contributed by atoms with Gasteiger partial charge >= 0.3 is 0 Å². The Balaban J connectivity index is 1.24. The fourth-order valence-electron chi connectivity index (χ4n) is 3.35. The van der Waals surface area contributed by atoms with Crippen LogP contribution in [0.25, 0.3) is 21.8 Å². The molecule has 0 bridgehead atoms. The lowest BCUT2D eigenvalue weighted by atomic mass is 10.1. The number of thiazole rings is 1. The molecule has 3 aromatic carbocycles. The fraction of sp³-hybridized carbons (Fsp3) is 0.185. The number of benzene rings is 3. The standard InChI is InChI=1S/C27H26N2O3S/c1-31-23-12-14-24(15-13-23)32-16-6-11-26(30)28-18-20-7-5-10-22(17-20)27-29-25(19-33-27)21-8-3-2-4-9-21/h2-5,7-10,12-15,17,19H,6,11,16,18H2,1H3,(H,28,30). The van der Waals surface area contributed by atoms with Gasteiger partial charge in [-0.3, -0.25) is 4.79 Å². The van der Waals surface area contributed by atoms with Crippen LogP contribution in [-0.4, -0.2) is 24.6 Å². The third-order valence-electron chi connectivity index (χ3n) is 5.11. The molecule has 0 unspecified atom stereocenters. The van der Waals surface area contributed by atoms with Crippen LogP contribution in [0.15, 0.2) is 84.2 Å². The highest BCUT2D eigenvalue weighted by molar-refractivity contribution is 7.13. The molecule has 1 N–H and O–H groups in total. The summed E-state index contributed by atoms with van der Waals surface area (Å²) in [6.07, 6.45) is 1.07. The molecule has 6 heteroatoms. The van der Waals surface area contributed by atoms with Crippen molar-refractivity contribution in [3.63, 3.8) is 0 Å². The van der Waals surface area contributed by atoms with E-state index in [9.17, 15) is 4.79 Å². The molecule has 4 rings (SSSR count). The first kappa shape index (κ1) is 22.6. The number of nitrogens with one attached hydrogen (secondary N) is 1. The first-order valence-corrected chi connectivity index (χ1v) is 11.7. The van der Waals surface area contributed by atoms with Crippen LogP contribution in [0.1, 0.15) is 18.4 Å². The molecule has 0 radical (unpaired) electrons. The molecular formula is C27H26N2O3S. The predicted molar refractivity (Wildman–Crippen MR) is 133 cm³/mol. The van der Waals surface area contributed by atoms with E-state index in [1.807, 2.05) is 54.6 Å². The molecule has 1 amide bonds. The van der Waals surface area contributed by atoms with Crippen molar-refractivity contribution in [1.29, 1.82) is 0 Å². The van der Waals surface area contributed by atoms with Gasteiger partial charge in [-0.05, 0) is 42.3 Å². The predicted octanol–water partition coefficient (Wildman–Crippen LogP) is 5.96. The molecule has 0 atom stereocenters. The number of ether oxygens (including phenoxy) is 2. The molecule has 0 aliphatic rings. The van der Waals surface area contributed by atoms with E-state index in [2.05, 4.69) is 35.0 Å². The summed E-state index contributed by atoms with van der Waals surface area (Å²) in [5.41, 5.74) is 4.19. The lowest BCUT2D eigenvalue weighted by Crippen LogP contribution is -2.23. The summed E-state index contributed by atoms with van der Waals surface area (Å²) in [6.45, 7) is 0.978. The zero-order valence-electron chi connectivity index (χ0n) is 18.5. The first-order chi connectivity index (χ1) is 16.2. The number of methoxy groups -OCH3 is 1. The summed E-state index contributed by atoms with van der Waals surface area (Å²) in [7, 11) is 1.63. The van der Waals surface area contributed by atoms with E-state index in [4.69, 9.17) is 14.5 Å². The normalized spacial score (nSPS) is 10.6. The van der Waals surface area contributed by atoms with E-state index < -0.39 is 0 Å². The fourth-order valence-corrected chi connectivity index (χ4v) is 4.17. The number of rotatable bonds is 10. The van der Waals surface area contributed by atoms with Crippen LogP contribution in [0.3, 0.4) is 0 Å². The molecule has 0 fully saturated rings. The number of hydrogen-bond donors (Lipinski definition) is 1. The molecule has 1 heterocycles. The Labute approximate surface area is 198 Å². The molecule has 0 aliphatic carbocycles. The lowest BCUT2D eigenvalue weighted by Gasteiger charge is -2.08. The maximum Gasteiger partial charge on any atom is 0.220 e. The zero-order valence-corrected chi connectivity index (χ0v) is 19.3. The summed E-state index contributed by atoms with van der Waals surface area (Å²) in [4.78, 5) is 17.0. The second kappa shape index (κ2) is 11.3. The van der Waals surface area contributed by atoms with Gasteiger partial charge in [0, 0.05) is 29.5 Å². The molecule has 33 heavy (non-hydrogen) atoms. The molecule has 0 saturated carbocycles. The summed E-state index contributed by atoms with van der Waals surface area (Å²) >= 11 is 1.62. The minimum Gasteiger partial charge on any atom is -0.497 e. The number of nitrogens with zero attached hydrogens (tertiary/aromatic N) is 1. The average Bonchev–Trinajstić information content (AvgIpc) is 3.37. The van der Waals surface area contributed by atoms with Gasteiger partial charge in [0.15, 0.2) is 0 Å². The smallest absolute Gasteiger partial charge is 0.220 e. The number of carbonyl (C=O) groups is 1. The SMILES string of the molecule is COc1ccc(OCCCC(=O)NCc2cccc(-c3nc(-c4ccccc4)cs3)c2)cc1. The zero-order chi connectivity index (χ0) is 22.9. The van der Waals surface area contributed by atoms with Crippen LogP contribution in [0.2, 0.25) is 0 Å². The second-order valence-electron chi connectivity index (χ2n) is 7.51. The van der Waals surface area contributed by atoms with Crippen molar-refractivity contribution in [3.8, 4) is 33.3 Å². The topological polar surface area (TPSA) is 60.5 Å². The minimum absolute atomic E-state index is 0.0133. The van der Waals surface area contributed by atoms with E-state index in [1.54, 1.807) is 18.4 Å². The van der Waals surface area contributed by atoms with E-state index in [0.717, 1.165) is 38.9 Å². The molecular weight excluding hydrogens is 432 g/mol. The lowest BCUT2D eigenvalue weighted by molar-refractivity contribution is -0.121. The van der Waals surface area contributed by atoms with Crippen molar-refractivity contribution < 1.29 is 14.3 Å². The maximum atomic E-state index is 12.2. The Morgan fingerprint density at radius 2 is 1.70 bits per heavy atom. The minimum atomic E-state index is 0.0133. The molecule has 4 aromatic rings. The van der Waals surface area contributed by atoms with Gasteiger partial charge in [-0.25, -0.2) is 4.98 Å². The van der Waals surface area contributed by atoms with Crippen LogP contribution in [0.4, 0.5) is 0 Å². The molecule has 0 saturated heterocycles. The van der Waals surface area contributed by atoms with Gasteiger partial charge < -0.3 is 14.8 Å². The van der Waals surface area contributed by atoms with Crippen molar-refractivity contribution in [2.45, 2.75) is 19.4 Å². The van der Waals surface area contributed by atoms with Crippen LogP contribution in [-0.2, 0) is 11.3 Å². The van der Waals surface area contributed by atoms with Crippen LogP contribution in [0.5, 0.6) is 11.5 Å². The van der Waals surface area contributed by atoms with Gasteiger partial charge in [0.2, 0.25) is 5.91 Å². The summed E-state index contributed by atoms with van der Waals surface area (Å²) < 4.78 is 10.8. The summed E-state index contributed by atoms with van der Waals surface area (Å²) in [5.74, 6) is 1.57. The van der Waals surface area contributed by atoms with Gasteiger partial charge in [0.25, 0.3) is 0 Å². The van der Waals surface area contributed by atoms with Crippen molar-refractivity contribution in [2.24, 2.45) is 0 Å². The van der Waals surface area contributed by atoms with E-state index in [0.29, 0.717) is 26.0 Å². The monoisotopic (exact) mass is 458 g/mol. The Morgan fingerprint density at radius 1 is 0.939 bits per heavy atom. The van der Waals surface area contributed by atoms with Crippen molar-refractivity contribution in [2.75, 3.05) is 13.7 Å². The Hall–Kier alpha value is -3.64. The van der Waals surface area contributed by atoms with Crippen molar-refractivity contribution >= 4 is 17.2 Å². The maximum absolute atomic E-state index is 12.2. The van der Waals surface area contributed by atoms with Crippen molar-refractivity contribution in [3.05, 3.63) is 89.8 Å². The quantitative estimate of drug-likeness (QED) is 0.298. The number of hydrogen-bond acceptors (Lipinski definition) is 5. The van der Waals surface area contributed by atoms with E-state index in [1.165, 1.54) is 0 Å². The Morgan fingerprint density at radius 3 is 2.48 bits per heavy atom. The highest BCUT2D eigenvalue weighted by Crippen LogP contribution is 2.29. The van der Waals surface area contributed by atoms with Gasteiger partial charge in [0.1, 0.15) is 16.5 Å². The first-order valence-electron chi connectivity index (χ1n) is 10.8. The van der Waals surface area contributed by atoms with Crippen LogP contribution >= 0.6 is 11.3 Å². The van der Waals surface area contributed by atoms with Gasteiger partial charge in [-0.2, -0.15) is 0 Å². The Kier molecular flexibility index (Phi) is 7.72. The van der Waals surface area contributed by atoms with Crippen molar-refractivity contribution in [1.82, 2.24) is 10.3 Å². The van der Waals surface area contributed by atoms with Crippen LogP contribution in [0, 0.1) is 0 Å². The van der Waals surface area contributed by atoms with Gasteiger partial charge in [0.05, 0.1) is 19.4 Å². The molecule has 1 aromatic heterocycles. The number of aromatic nitrogens is 1. The molecule has 0 spiro atoms. The Bertz CT molecular complexity index is 1170. The average molecular weight is 459 g/mol. The van der Waals surface area contributed by atoms with Crippen LogP contribution < -0.4 is 14.8 Å².